The molecule has 0 atom stereocenters. The molecule has 1 aliphatic carbocycles. The van der Waals surface area contributed by atoms with Gasteiger partial charge in [-0.1, -0.05) is 50.3 Å². The van der Waals surface area contributed by atoms with Crippen LogP contribution in [0.15, 0.2) is 59.6 Å². The number of para-hydroxylation sites is 1. The fraction of sp³-hybridized carbons (Fsp3) is 0.433. The third-order valence-electron chi connectivity index (χ3n) is 8.00. The molecule has 2 amide bonds. The molecule has 5 rings (SSSR count). The van der Waals surface area contributed by atoms with E-state index in [9.17, 15) is 31.2 Å². The van der Waals surface area contributed by atoms with Crippen molar-refractivity contribution in [2.45, 2.75) is 49.6 Å². The number of ether oxygens (including phenoxy) is 1. The average molecular weight is 619 g/mol. The molecule has 1 saturated heterocycles. The molecule has 43 heavy (non-hydrogen) atoms. The van der Waals surface area contributed by atoms with Crippen molar-refractivity contribution in [3.05, 3.63) is 65.9 Å². The summed E-state index contributed by atoms with van der Waals surface area (Å²) in [6.45, 7) is 0.977. The number of hydrogen-bond acceptors (Lipinski definition) is 6. The highest BCUT2D eigenvalue weighted by atomic mass is 32.2. The van der Waals surface area contributed by atoms with Crippen molar-refractivity contribution in [2.75, 3.05) is 37.5 Å². The van der Waals surface area contributed by atoms with Crippen LogP contribution in [0.2, 0.25) is 0 Å². The van der Waals surface area contributed by atoms with Crippen LogP contribution in [0.5, 0.6) is 0 Å². The summed E-state index contributed by atoms with van der Waals surface area (Å²) < 4.78 is 76.1. The van der Waals surface area contributed by atoms with E-state index < -0.39 is 39.5 Å². The van der Waals surface area contributed by atoms with Crippen molar-refractivity contribution in [2.24, 2.45) is 5.92 Å². The number of rotatable bonds is 7. The van der Waals surface area contributed by atoms with Crippen LogP contribution in [0.25, 0.3) is 10.9 Å². The minimum Gasteiger partial charge on any atom is -0.449 e. The molecule has 0 spiro atoms. The van der Waals surface area contributed by atoms with Crippen LogP contribution in [0.1, 0.15) is 54.4 Å². The maximum Gasteiger partial charge on any atom is 0.418 e. The molecule has 2 heterocycles. The fourth-order valence-electron chi connectivity index (χ4n) is 5.65. The first-order valence-corrected chi connectivity index (χ1v) is 15.8. The molecule has 2 aliphatic rings. The Balaban J connectivity index is 1.24. The van der Waals surface area contributed by atoms with Crippen molar-refractivity contribution in [1.29, 1.82) is 0 Å². The molecule has 13 heteroatoms. The van der Waals surface area contributed by atoms with E-state index in [1.165, 1.54) is 47.4 Å². The molecule has 1 aromatic heterocycles. The Bertz CT molecular complexity index is 1580. The summed E-state index contributed by atoms with van der Waals surface area (Å²) in [7, 11) is -4.46. The number of carbonyl (C=O) groups excluding carboxylic acids is 2. The molecule has 1 saturated carbocycles. The number of halogens is 3. The Morgan fingerprint density at radius 1 is 0.953 bits per heavy atom. The van der Waals surface area contributed by atoms with Gasteiger partial charge in [0.2, 0.25) is 0 Å². The molecule has 9 nitrogen and oxygen atoms in total. The number of benzene rings is 2. The number of pyridine rings is 1. The first-order chi connectivity index (χ1) is 20.5. The first-order valence-electron chi connectivity index (χ1n) is 14.3. The molecule has 0 bridgehead atoms. The third kappa shape index (κ3) is 7.20. The van der Waals surface area contributed by atoms with E-state index in [1.807, 2.05) is 4.72 Å². The number of aromatic nitrogens is 1. The number of sulfonamides is 1. The summed E-state index contributed by atoms with van der Waals surface area (Å²) in [6.07, 6.45) is 2.79. The van der Waals surface area contributed by atoms with Gasteiger partial charge in [0.05, 0.1) is 23.4 Å². The average Bonchev–Trinajstić information content (AvgIpc) is 3.00. The van der Waals surface area contributed by atoms with Crippen LogP contribution < -0.4 is 4.72 Å². The second-order valence-corrected chi connectivity index (χ2v) is 12.5. The number of nitrogens with one attached hydrogen (secondary N) is 1. The Labute approximate surface area is 248 Å². The largest absolute Gasteiger partial charge is 0.449 e. The van der Waals surface area contributed by atoms with E-state index in [0.29, 0.717) is 24.0 Å². The summed E-state index contributed by atoms with van der Waals surface area (Å²) in [6, 6.07) is 10.4. The van der Waals surface area contributed by atoms with Crippen LogP contribution in [0, 0.1) is 5.92 Å². The van der Waals surface area contributed by atoms with Crippen LogP contribution >= 0.6 is 0 Å². The van der Waals surface area contributed by atoms with Gasteiger partial charge in [0.15, 0.2) is 0 Å². The molecule has 0 unspecified atom stereocenters. The number of fused-ring (bicyclic) bond motifs is 1. The van der Waals surface area contributed by atoms with Gasteiger partial charge in [-0.05, 0) is 42.7 Å². The molecule has 1 N–H and O–H groups in total. The third-order valence-corrected chi connectivity index (χ3v) is 9.40. The van der Waals surface area contributed by atoms with Gasteiger partial charge in [-0.25, -0.2) is 13.2 Å². The molecule has 2 aromatic carbocycles. The standard InChI is InChI=1S/C30H33F3N4O5S/c31-30(32,33)24-20-23(11-12-25(24)35-43(40,41)26-10-4-8-22-9-5-14-34-27(22)26)28(38)36-15-17-37(18-16-36)29(39)42-19-13-21-6-2-1-3-7-21/h4-5,8-12,14,20-21,35H,1-3,6-7,13,15-19H2. The van der Waals surface area contributed by atoms with E-state index >= 15 is 0 Å². The SMILES string of the molecule is O=C(OCCC1CCCCC1)N1CCN(C(=O)c2ccc(NS(=O)(=O)c3cccc4cccnc34)c(C(F)(F)F)c2)CC1. The predicted octanol–water partition coefficient (Wildman–Crippen LogP) is 5.92. The van der Waals surface area contributed by atoms with Gasteiger partial charge in [0.1, 0.15) is 4.90 Å². The smallest absolute Gasteiger partial charge is 0.418 e. The summed E-state index contributed by atoms with van der Waals surface area (Å²) >= 11 is 0. The van der Waals surface area contributed by atoms with Gasteiger partial charge in [0, 0.05) is 43.3 Å². The van der Waals surface area contributed by atoms with Crippen LogP contribution in [0.4, 0.5) is 23.7 Å². The number of amides is 2. The maximum atomic E-state index is 14.1. The zero-order chi connectivity index (χ0) is 30.6. The van der Waals surface area contributed by atoms with Gasteiger partial charge in [0.25, 0.3) is 15.9 Å². The van der Waals surface area contributed by atoms with Gasteiger partial charge in [-0.2, -0.15) is 13.2 Å². The minimum atomic E-state index is -4.95. The molecule has 1 aliphatic heterocycles. The fourth-order valence-corrected chi connectivity index (χ4v) is 6.91. The monoisotopic (exact) mass is 618 g/mol. The topological polar surface area (TPSA) is 109 Å². The number of anilines is 1. The highest BCUT2D eigenvalue weighted by Crippen LogP contribution is 2.37. The second-order valence-electron chi connectivity index (χ2n) is 10.9. The summed E-state index contributed by atoms with van der Waals surface area (Å²) in [5.74, 6) is -0.0713. The van der Waals surface area contributed by atoms with Crippen molar-refractivity contribution >= 4 is 38.6 Å². The highest BCUT2D eigenvalue weighted by Gasteiger charge is 2.36. The lowest BCUT2D eigenvalue weighted by atomic mass is 9.87. The van der Waals surface area contributed by atoms with Crippen LogP contribution in [0.3, 0.4) is 0 Å². The molecule has 2 fully saturated rings. The molecular formula is C30H33F3N4O5S. The van der Waals surface area contributed by atoms with Crippen molar-refractivity contribution < 1.29 is 35.9 Å². The predicted molar refractivity (Wildman–Crippen MR) is 154 cm³/mol. The Morgan fingerprint density at radius 2 is 1.65 bits per heavy atom. The number of hydrogen-bond donors (Lipinski definition) is 1. The maximum absolute atomic E-state index is 14.1. The Hall–Kier alpha value is -3.87. The summed E-state index contributed by atoms with van der Waals surface area (Å²) in [4.78, 5) is 32.3. The van der Waals surface area contributed by atoms with Gasteiger partial charge >= 0.3 is 12.3 Å². The van der Waals surface area contributed by atoms with Crippen LogP contribution in [-0.4, -0.2) is 68.0 Å². The van der Waals surface area contributed by atoms with Crippen LogP contribution in [-0.2, 0) is 20.9 Å². The van der Waals surface area contributed by atoms with E-state index in [-0.39, 0.29) is 42.2 Å². The summed E-state index contributed by atoms with van der Waals surface area (Å²) in [5, 5.41) is 0.509. The molecule has 230 valence electrons. The highest BCUT2D eigenvalue weighted by molar-refractivity contribution is 7.93. The van der Waals surface area contributed by atoms with E-state index in [4.69, 9.17) is 4.74 Å². The lowest BCUT2D eigenvalue weighted by molar-refractivity contribution is -0.136. The molecular weight excluding hydrogens is 585 g/mol. The first kappa shape index (κ1) is 30.6. The minimum absolute atomic E-state index is 0.116. The molecule has 3 aromatic rings. The zero-order valence-electron chi connectivity index (χ0n) is 23.5. The van der Waals surface area contributed by atoms with E-state index in [1.54, 1.807) is 18.2 Å². The van der Waals surface area contributed by atoms with Crippen molar-refractivity contribution in [3.63, 3.8) is 0 Å². The van der Waals surface area contributed by atoms with Gasteiger partial charge < -0.3 is 14.5 Å². The lowest BCUT2D eigenvalue weighted by Gasteiger charge is -2.34. The number of carbonyl (C=O) groups is 2. The van der Waals surface area contributed by atoms with Crippen molar-refractivity contribution in [1.82, 2.24) is 14.8 Å². The molecule has 0 radical (unpaired) electrons. The number of piperazine rings is 1. The van der Waals surface area contributed by atoms with E-state index in [2.05, 4.69) is 4.98 Å². The number of alkyl halides is 3. The lowest BCUT2D eigenvalue weighted by Crippen LogP contribution is -2.50. The normalized spacial score (nSPS) is 16.7. The van der Waals surface area contributed by atoms with Gasteiger partial charge in [-0.3, -0.25) is 14.5 Å². The second kappa shape index (κ2) is 12.8. The van der Waals surface area contributed by atoms with E-state index in [0.717, 1.165) is 31.4 Å². The summed E-state index contributed by atoms with van der Waals surface area (Å²) in [5.41, 5.74) is -2.14. The van der Waals surface area contributed by atoms with Gasteiger partial charge in [-0.15, -0.1) is 0 Å². The Morgan fingerprint density at radius 3 is 2.37 bits per heavy atom. The number of nitrogens with zero attached hydrogens (tertiary/aromatic N) is 3. The Kier molecular flexibility index (Phi) is 9.09. The zero-order valence-corrected chi connectivity index (χ0v) is 24.3. The van der Waals surface area contributed by atoms with Crippen molar-refractivity contribution in [3.8, 4) is 0 Å². The quantitative estimate of drug-likeness (QED) is 0.352.